The molecule has 0 spiro atoms. The average Bonchev–Trinajstić information content (AvgIpc) is 3.06. The summed E-state index contributed by atoms with van der Waals surface area (Å²) in [6.07, 6.45) is 4.38. The van der Waals surface area contributed by atoms with Crippen LogP contribution in [0.2, 0.25) is 0 Å². The van der Waals surface area contributed by atoms with E-state index in [0.29, 0.717) is 0 Å². The molecule has 0 aliphatic heterocycles. The monoisotopic (exact) mass is 271 g/mol. The topological polar surface area (TPSA) is 59.5 Å². The summed E-state index contributed by atoms with van der Waals surface area (Å²) in [6.45, 7) is 3.63. The lowest BCUT2D eigenvalue weighted by Gasteiger charge is -2.14. The standard InChI is InChI=1S/C14H17N5O/c1-3-12-7-13(20-17-12)9-18(2)8-11-4-5-19-14(6-11)15-10-16-19/h4-7,10H,3,8-9H2,1-2H3. The average molecular weight is 271 g/mol. The third-order valence-electron chi connectivity index (χ3n) is 3.19. The number of nitrogens with zero attached hydrogens (tertiary/aromatic N) is 5. The predicted molar refractivity (Wildman–Crippen MR) is 74.0 cm³/mol. The molecule has 3 aromatic rings. The van der Waals surface area contributed by atoms with Crippen LogP contribution in [-0.4, -0.2) is 31.7 Å². The van der Waals surface area contributed by atoms with Crippen molar-refractivity contribution in [2.75, 3.05) is 7.05 Å². The van der Waals surface area contributed by atoms with Crippen LogP contribution in [0.1, 0.15) is 23.9 Å². The molecule has 0 saturated heterocycles. The van der Waals surface area contributed by atoms with E-state index in [2.05, 4.69) is 40.2 Å². The van der Waals surface area contributed by atoms with Crippen molar-refractivity contribution in [3.05, 3.63) is 47.7 Å². The fourth-order valence-corrected chi connectivity index (χ4v) is 2.19. The Morgan fingerprint density at radius 2 is 2.20 bits per heavy atom. The minimum atomic E-state index is 0.741. The van der Waals surface area contributed by atoms with Crippen molar-refractivity contribution in [2.45, 2.75) is 26.4 Å². The zero-order valence-electron chi connectivity index (χ0n) is 11.7. The van der Waals surface area contributed by atoms with E-state index in [9.17, 15) is 0 Å². The lowest BCUT2D eigenvalue weighted by Crippen LogP contribution is -2.17. The molecular weight excluding hydrogens is 254 g/mol. The summed E-state index contributed by atoms with van der Waals surface area (Å²) >= 11 is 0. The maximum Gasteiger partial charge on any atom is 0.155 e. The molecule has 0 saturated carbocycles. The molecule has 0 radical (unpaired) electrons. The highest BCUT2D eigenvalue weighted by Crippen LogP contribution is 2.11. The Hall–Kier alpha value is -2.21. The van der Waals surface area contributed by atoms with E-state index in [1.165, 1.54) is 5.56 Å². The van der Waals surface area contributed by atoms with Gasteiger partial charge in [0.25, 0.3) is 0 Å². The molecule has 6 nitrogen and oxygen atoms in total. The van der Waals surface area contributed by atoms with Crippen molar-refractivity contribution in [1.82, 2.24) is 24.7 Å². The van der Waals surface area contributed by atoms with Crippen molar-refractivity contribution in [3.63, 3.8) is 0 Å². The maximum absolute atomic E-state index is 5.30. The van der Waals surface area contributed by atoms with Crippen LogP contribution in [0.15, 0.2) is 35.2 Å². The van der Waals surface area contributed by atoms with Crippen LogP contribution in [0.25, 0.3) is 5.65 Å². The molecule has 0 aliphatic rings. The molecule has 3 heterocycles. The van der Waals surface area contributed by atoms with E-state index in [0.717, 1.165) is 36.6 Å². The summed E-state index contributed by atoms with van der Waals surface area (Å²) in [5, 5.41) is 8.09. The Labute approximate surface area is 117 Å². The number of fused-ring (bicyclic) bond motifs is 1. The predicted octanol–water partition coefficient (Wildman–Crippen LogP) is 1.91. The van der Waals surface area contributed by atoms with Crippen molar-refractivity contribution < 1.29 is 4.52 Å². The minimum absolute atomic E-state index is 0.741. The van der Waals surface area contributed by atoms with E-state index in [1.807, 2.05) is 18.3 Å². The Balaban J connectivity index is 1.66. The Bertz CT molecular complexity index is 702. The molecule has 0 N–H and O–H groups in total. The smallest absolute Gasteiger partial charge is 0.155 e. The van der Waals surface area contributed by atoms with Gasteiger partial charge in [0.2, 0.25) is 0 Å². The number of aromatic nitrogens is 4. The summed E-state index contributed by atoms with van der Waals surface area (Å²) in [4.78, 5) is 6.37. The minimum Gasteiger partial charge on any atom is -0.360 e. The van der Waals surface area contributed by atoms with E-state index < -0.39 is 0 Å². The van der Waals surface area contributed by atoms with Gasteiger partial charge in [0, 0.05) is 18.8 Å². The van der Waals surface area contributed by atoms with Gasteiger partial charge in [0.15, 0.2) is 11.4 Å². The molecule has 0 bridgehead atoms. The summed E-state index contributed by atoms with van der Waals surface area (Å²) < 4.78 is 7.06. The van der Waals surface area contributed by atoms with Gasteiger partial charge in [-0.15, -0.1) is 0 Å². The molecule has 0 amide bonds. The van der Waals surface area contributed by atoms with E-state index in [4.69, 9.17) is 4.52 Å². The quantitative estimate of drug-likeness (QED) is 0.709. The van der Waals surface area contributed by atoms with Crippen LogP contribution >= 0.6 is 0 Å². The molecule has 6 heteroatoms. The number of pyridine rings is 1. The highest BCUT2D eigenvalue weighted by atomic mass is 16.5. The molecule has 0 fully saturated rings. The third kappa shape index (κ3) is 2.70. The summed E-state index contributed by atoms with van der Waals surface area (Å²) in [5.74, 6) is 0.896. The van der Waals surface area contributed by atoms with E-state index in [-0.39, 0.29) is 0 Å². The molecule has 0 unspecified atom stereocenters. The number of aryl methyl sites for hydroxylation is 1. The summed E-state index contributed by atoms with van der Waals surface area (Å²) in [6, 6.07) is 6.11. The van der Waals surface area contributed by atoms with Crippen molar-refractivity contribution in [2.24, 2.45) is 0 Å². The first-order chi connectivity index (χ1) is 9.74. The second-order valence-corrected chi connectivity index (χ2v) is 4.91. The molecular formula is C14H17N5O. The van der Waals surface area contributed by atoms with Gasteiger partial charge in [-0.1, -0.05) is 12.1 Å². The fourth-order valence-electron chi connectivity index (χ4n) is 2.19. The SMILES string of the molecule is CCc1cc(CN(C)Cc2ccn3ncnc3c2)on1. The first-order valence-electron chi connectivity index (χ1n) is 6.66. The molecule has 3 aromatic heterocycles. The molecule has 0 aromatic carbocycles. The first-order valence-corrected chi connectivity index (χ1v) is 6.66. The zero-order valence-corrected chi connectivity index (χ0v) is 11.7. The van der Waals surface area contributed by atoms with Gasteiger partial charge in [0.05, 0.1) is 12.2 Å². The number of hydrogen-bond donors (Lipinski definition) is 0. The molecule has 0 aliphatic carbocycles. The van der Waals surface area contributed by atoms with Crippen LogP contribution in [-0.2, 0) is 19.5 Å². The highest BCUT2D eigenvalue weighted by molar-refractivity contribution is 5.39. The maximum atomic E-state index is 5.30. The Kier molecular flexibility index (Phi) is 3.47. The van der Waals surface area contributed by atoms with Gasteiger partial charge in [-0.3, -0.25) is 4.90 Å². The van der Waals surface area contributed by atoms with Crippen LogP contribution < -0.4 is 0 Å². The summed E-state index contributed by atoms with van der Waals surface area (Å²) in [7, 11) is 2.06. The largest absolute Gasteiger partial charge is 0.360 e. The number of rotatable bonds is 5. The van der Waals surface area contributed by atoms with Gasteiger partial charge in [-0.2, -0.15) is 5.10 Å². The second kappa shape index (κ2) is 5.42. The van der Waals surface area contributed by atoms with Crippen molar-refractivity contribution in [3.8, 4) is 0 Å². The molecule has 104 valence electrons. The number of hydrogen-bond acceptors (Lipinski definition) is 5. The Morgan fingerprint density at radius 1 is 1.30 bits per heavy atom. The molecule has 20 heavy (non-hydrogen) atoms. The van der Waals surface area contributed by atoms with Crippen LogP contribution in [0.5, 0.6) is 0 Å². The van der Waals surface area contributed by atoms with Gasteiger partial charge in [-0.05, 0) is 31.2 Å². The Morgan fingerprint density at radius 3 is 3.00 bits per heavy atom. The van der Waals surface area contributed by atoms with Gasteiger partial charge < -0.3 is 4.52 Å². The molecule has 3 rings (SSSR count). The molecule has 0 atom stereocenters. The second-order valence-electron chi connectivity index (χ2n) is 4.91. The normalized spacial score (nSPS) is 11.6. The highest BCUT2D eigenvalue weighted by Gasteiger charge is 2.08. The van der Waals surface area contributed by atoms with E-state index in [1.54, 1.807) is 10.8 Å². The van der Waals surface area contributed by atoms with Crippen molar-refractivity contribution >= 4 is 5.65 Å². The van der Waals surface area contributed by atoms with Gasteiger partial charge >= 0.3 is 0 Å². The lowest BCUT2D eigenvalue weighted by atomic mass is 10.2. The van der Waals surface area contributed by atoms with E-state index >= 15 is 0 Å². The van der Waals surface area contributed by atoms with Gasteiger partial charge in [0.1, 0.15) is 6.33 Å². The van der Waals surface area contributed by atoms with Gasteiger partial charge in [-0.25, -0.2) is 9.50 Å². The zero-order chi connectivity index (χ0) is 13.9. The van der Waals surface area contributed by atoms with Crippen LogP contribution in [0, 0.1) is 0 Å². The first kappa shape index (κ1) is 12.8. The van der Waals surface area contributed by atoms with Crippen LogP contribution in [0.3, 0.4) is 0 Å². The fraction of sp³-hybridized carbons (Fsp3) is 0.357. The third-order valence-corrected chi connectivity index (χ3v) is 3.19. The summed E-state index contributed by atoms with van der Waals surface area (Å²) in [5.41, 5.74) is 3.06. The lowest BCUT2D eigenvalue weighted by molar-refractivity contribution is 0.266. The van der Waals surface area contributed by atoms with Crippen molar-refractivity contribution in [1.29, 1.82) is 0 Å². The van der Waals surface area contributed by atoms with Crippen LogP contribution in [0.4, 0.5) is 0 Å².